The minimum absolute atomic E-state index is 0.207. The highest BCUT2D eigenvalue weighted by atomic mass is 16.5. The quantitative estimate of drug-likeness (QED) is 0.752. The molecule has 0 N–H and O–H groups in total. The zero-order valence-corrected chi connectivity index (χ0v) is 13.9. The van der Waals surface area contributed by atoms with Crippen molar-refractivity contribution in [1.82, 2.24) is 0 Å². The Bertz CT molecular complexity index is 764. The number of aryl methyl sites for hydroxylation is 1. The summed E-state index contributed by atoms with van der Waals surface area (Å²) in [6, 6.07) is 14.6. The van der Waals surface area contributed by atoms with Crippen molar-refractivity contribution in [1.29, 1.82) is 5.26 Å². The van der Waals surface area contributed by atoms with Gasteiger partial charge < -0.3 is 14.2 Å². The Hall–Kier alpha value is -3.00. The predicted octanol–water partition coefficient (Wildman–Crippen LogP) is 3.97. The van der Waals surface area contributed by atoms with E-state index in [4.69, 9.17) is 14.2 Å². The Morgan fingerprint density at radius 3 is 2.50 bits per heavy atom. The molecule has 0 amide bonds. The van der Waals surface area contributed by atoms with Crippen molar-refractivity contribution in [2.24, 2.45) is 0 Å². The normalized spacial score (nSPS) is 11.2. The molecule has 1 atom stereocenters. The van der Waals surface area contributed by atoms with Crippen molar-refractivity contribution in [2.75, 3.05) is 13.7 Å². The van der Waals surface area contributed by atoms with E-state index in [1.165, 1.54) is 7.11 Å². The van der Waals surface area contributed by atoms with Crippen LogP contribution in [0.3, 0.4) is 0 Å². The van der Waals surface area contributed by atoms with Crippen LogP contribution in [0.1, 0.15) is 24.0 Å². The number of esters is 1. The maximum Gasteiger partial charge on any atom is 0.328 e. The van der Waals surface area contributed by atoms with Crippen molar-refractivity contribution in [2.45, 2.75) is 19.8 Å². The molecule has 0 bridgehead atoms. The van der Waals surface area contributed by atoms with Gasteiger partial charge in [-0.3, -0.25) is 4.79 Å². The maximum atomic E-state index is 12.0. The zero-order chi connectivity index (χ0) is 17.5. The molecule has 0 heterocycles. The summed E-state index contributed by atoms with van der Waals surface area (Å²) < 4.78 is 16.3. The number of carbonyl (C=O) groups is 1. The number of nitrogens with zero attached hydrogens (tertiary/aromatic N) is 1. The molecule has 0 fully saturated rings. The Labute approximate surface area is 141 Å². The Kier molecular flexibility index (Phi) is 5.80. The molecule has 24 heavy (non-hydrogen) atoms. The van der Waals surface area contributed by atoms with Gasteiger partial charge in [0.1, 0.15) is 5.75 Å². The van der Waals surface area contributed by atoms with Crippen LogP contribution in [-0.2, 0) is 9.53 Å². The van der Waals surface area contributed by atoms with Gasteiger partial charge in [0, 0.05) is 5.56 Å². The van der Waals surface area contributed by atoms with Gasteiger partial charge >= 0.3 is 5.97 Å². The molecule has 0 saturated heterocycles. The number of rotatable bonds is 6. The van der Waals surface area contributed by atoms with Crippen LogP contribution in [0.4, 0.5) is 0 Å². The highest BCUT2D eigenvalue weighted by Gasteiger charge is 2.27. The monoisotopic (exact) mass is 325 g/mol. The molecular weight excluding hydrogens is 306 g/mol. The third-order valence-corrected chi connectivity index (χ3v) is 3.49. The van der Waals surface area contributed by atoms with Crippen LogP contribution in [0, 0.1) is 18.3 Å². The first-order valence-corrected chi connectivity index (χ1v) is 7.59. The fourth-order valence-electron chi connectivity index (χ4n) is 2.32. The highest BCUT2D eigenvalue weighted by molar-refractivity contribution is 5.82. The number of benzene rings is 2. The lowest BCUT2D eigenvalue weighted by atomic mass is 9.99. The van der Waals surface area contributed by atoms with E-state index in [2.05, 4.69) is 0 Å². The number of methoxy groups -OCH3 is 1. The molecule has 2 aromatic rings. The lowest BCUT2D eigenvalue weighted by molar-refractivity contribution is -0.143. The third kappa shape index (κ3) is 3.66. The van der Waals surface area contributed by atoms with Gasteiger partial charge in [-0.2, -0.15) is 5.26 Å². The molecule has 1 unspecified atom stereocenters. The molecule has 5 nitrogen and oxygen atoms in total. The van der Waals surface area contributed by atoms with Crippen LogP contribution < -0.4 is 9.47 Å². The van der Waals surface area contributed by atoms with E-state index in [1.807, 2.05) is 37.3 Å². The summed E-state index contributed by atoms with van der Waals surface area (Å²) in [6.07, 6.45) is 0. The molecule has 0 spiro atoms. The van der Waals surface area contributed by atoms with Gasteiger partial charge in [0.05, 0.1) is 19.8 Å². The number of ether oxygens (including phenoxy) is 3. The van der Waals surface area contributed by atoms with Crippen molar-refractivity contribution in [3.63, 3.8) is 0 Å². The van der Waals surface area contributed by atoms with E-state index in [9.17, 15) is 10.1 Å². The first kappa shape index (κ1) is 17.4. The number of carbonyl (C=O) groups excluding carboxylic acids is 1. The minimum Gasteiger partial charge on any atom is -0.492 e. The molecular formula is C19H19NO4. The van der Waals surface area contributed by atoms with Crippen LogP contribution in [0.25, 0.3) is 0 Å². The molecule has 5 heteroatoms. The van der Waals surface area contributed by atoms with Gasteiger partial charge in [-0.05, 0) is 31.5 Å². The van der Waals surface area contributed by atoms with Gasteiger partial charge in [-0.1, -0.05) is 30.3 Å². The van der Waals surface area contributed by atoms with E-state index in [0.29, 0.717) is 22.8 Å². The van der Waals surface area contributed by atoms with Crippen molar-refractivity contribution < 1.29 is 19.0 Å². The molecule has 0 radical (unpaired) electrons. The summed E-state index contributed by atoms with van der Waals surface area (Å²) in [6.45, 7) is 3.84. The van der Waals surface area contributed by atoms with Crippen molar-refractivity contribution >= 4 is 5.97 Å². The van der Waals surface area contributed by atoms with Gasteiger partial charge in [-0.15, -0.1) is 0 Å². The van der Waals surface area contributed by atoms with E-state index >= 15 is 0 Å². The largest absolute Gasteiger partial charge is 0.492 e. The number of hydrogen-bond donors (Lipinski definition) is 0. The van der Waals surface area contributed by atoms with Gasteiger partial charge in [0.25, 0.3) is 0 Å². The molecule has 2 aromatic carbocycles. The second-order valence-corrected chi connectivity index (χ2v) is 5.06. The van der Waals surface area contributed by atoms with Crippen LogP contribution in [-0.4, -0.2) is 19.7 Å². The van der Waals surface area contributed by atoms with E-state index in [0.717, 1.165) is 5.56 Å². The summed E-state index contributed by atoms with van der Waals surface area (Å²) in [5, 5.41) is 9.37. The molecule has 0 aromatic heterocycles. The molecule has 0 aliphatic carbocycles. The summed E-state index contributed by atoms with van der Waals surface area (Å²) >= 11 is 0. The summed E-state index contributed by atoms with van der Waals surface area (Å²) in [4.78, 5) is 12.0. The van der Waals surface area contributed by atoms with Crippen molar-refractivity contribution in [3.05, 3.63) is 53.6 Å². The summed E-state index contributed by atoms with van der Waals surface area (Å²) in [5.41, 5.74) is 1.39. The fraction of sp³-hybridized carbons (Fsp3) is 0.263. The van der Waals surface area contributed by atoms with Gasteiger partial charge in [0.2, 0.25) is 0 Å². The first-order chi connectivity index (χ1) is 11.6. The average molecular weight is 325 g/mol. The van der Waals surface area contributed by atoms with Crippen LogP contribution in [0.2, 0.25) is 0 Å². The fourth-order valence-corrected chi connectivity index (χ4v) is 2.32. The second kappa shape index (κ2) is 8.02. The molecule has 0 saturated carbocycles. The van der Waals surface area contributed by atoms with Gasteiger partial charge in [-0.25, -0.2) is 0 Å². The SMILES string of the molecule is CCOC(=O)C(C#N)c1cccc(Oc2ccccc2C)c1OC. The lowest BCUT2D eigenvalue weighted by Gasteiger charge is -2.17. The van der Waals surface area contributed by atoms with E-state index < -0.39 is 11.9 Å². The Morgan fingerprint density at radius 2 is 1.88 bits per heavy atom. The van der Waals surface area contributed by atoms with Crippen LogP contribution >= 0.6 is 0 Å². The topological polar surface area (TPSA) is 68.6 Å². The number of hydrogen-bond acceptors (Lipinski definition) is 5. The smallest absolute Gasteiger partial charge is 0.328 e. The number of para-hydroxylation sites is 2. The maximum absolute atomic E-state index is 12.0. The van der Waals surface area contributed by atoms with E-state index in [1.54, 1.807) is 25.1 Å². The molecule has 0 aliphatic heterocycles. The summed E-state index contributed by atoms with van der Waals surface area (Å²) in [5.74, 6) is -0.210. The first-order valence-electron chi connectivity index (χ1n) is 7.59. The average Bonchev–Trinajstić information content (AvgIpc) is 2.58. The van der Waals surface area contributed by atoms with E-state index in [-0.39, 0.29) is 6.61 Å². The molecule has 0 aliphatic rings. The lowest BCUT2D eigenvalue weighted by Crippen LogP contribution is -2.15. The van der Waals surface area contributed by atoms with Gasteiger partial charge in [0.15, 0.2) is 17.4 Å². The van der Waals surface area contributed by atoms with Crippen LogP contribution in [0.15, 0.2) is 42.5 Å². The minimum atomic E-state index is -1.07. The standard InChI is InChI=1S/C19H19NO4/c1-4-23-19(21)15(12-20)14-9-7-11-17(18(14)22-3)24-16-10-6-5-8-13(16)2/h5-11,15H,4H2,1-3H3. The highest BCUT2D eigenvalue weighted by Crippen LogP contribution is 2.39. The Balaban J connectivity index is 2.43. The summed E-state index contributed by atoms with van der Waals surface area (Å²) in [7, 11) is 1.48. The zero-order valence-electron chi connectivity index (χ0n) is 13.9. The molecule has 2 rings (SSSR count). The third-order valence-electron chi connectivity index (χ3n) is 3.49. The predicted molar refractivity (Wildman–Crippen MR) is 89.2 cm³/mol. The van der Waals surface area contributed by atoms with Crippen molar-refractivity contribution in [3.8, 4) is 23.3 Å². The molecule has 124 valence electrons. The Morgan fingerprint density at radius 1 is 1.17 bits per heavy atom. The second-order valence-electron chi connectivity index (χ2n) is 5.06. The van der Waals surface area contributed by atoms with Crippen LogP contribution in [0.5, 0.6) is 17.2 Å². The number of nitriles is 1.